The zero-order valence-corrected chi connectivity index (χ0v) is 13.2. The van der Waals surface area contributed by atoms with Crippen LogP contribution in [0.3, 0.4) is 0 Å². The Morgan fingerprint density at radius 2 is 2.32 bits per heavy atom. The fraction of sp³-hybridized carbons (Fsp3) is 0.500. The largest absolute Gasteiger partial charge is 0.481 e. The Hall–Kier alpha value is -1.92. The molecule has 0 spiro atoms. The molecule has 0 unspecified atom stereocenters. The van der Waals surface area contributed by atoms with Crippen molar-refractivity contribution >= 4 is 0 Å². The summed E-state index contributed by atoms with van der Waals surface area (Å²) >= 11 is 0. The summed E-state index contributed by atoms with van der Waals surface area (Å²) in [4.78, 5) is 4.46. The molecule has 0 bridgehead atoms. The molecule has 118 valence electrons. The quantitative estimate of drug-likeness (QED) is 0.884. The average Bonchev–Trinajstić information content (AvgIpc) is 3.16. The maximum Gasteiger partial charge on any atom is 0.218 e. The smallest absolute Gasteiger partial charge is 0.218 e. The van der Waals surface area contributed by atoms with E-state index in [1.807, 2.05) is 13.0 Å². The van der Waals surface area contributed by atoms with Crippen molar-refractivity contribution in [2.24, 2.45) is 0 Å². The SMILES string of the molecule is COc1nc(C)cc(C)c1CN[C@H]1CCO[C@@H]1c1ccn[nH]1. The minimum absolute atomic E-state index is 0.0206. The number of ether oxygens (including phenoxy) is 2. The summed E-state index contributed by atoms with van der Waals surface area (Å²) in [7, 11) is 1.66. The third kappa shape index (κ3) is 2.98. The molecule has 3 heterocycles. The van der Waals surface area contributed by atoms with Crippen molar-refractivity contribution in [2.75, 3.05) is 13.7 Å². The zero-order chi connectivity index (χ0) is 15.5. The first-order chi connectivity index (χ1) is 10.7. The molecule has 2 atom stereocenters. The average molecular weight is 302 g/mol. The molecule has 6 heteroatoms. The normalized spacial score (nSPS) is 21.2. The molecular weight excluding hydrogens is 280 g/mol. The van der Waals surface area contributed by atoms with Gasteiger partial charge in [-0.05, 0) is 38.0 Å². The van der Waals surface area contributed by atoms with Gasteiger partial charge in [-0.1, -0.05) is 0 Å². The summed E-state index contributed by atoms with van der Waals surface area (Å²) in [5.74, 6) is 0.696. The van der Waals surface area contributed by atoms with Crippen molar-refractivity contribution in [3.05, 3.63) is 40.8 Å². The molecule has 0 amide bonds. The Labute approximate surface area is 130 Å². The molecule has 22 heavy (non-hydrogen) atoms. The van der Waals surface area contributed by atoms with E-state index in [2.05, 4.69) is 33.5 Å². The van der Waals surface area contributed by atoms with E-state index >= 15 is 0 Å². The second-order valence-electron chi connectivity index (χ2n) is 5.65. The standard InChI is InChI=1S/C16H22N4O2/c1-10-8-11(2)19-16(21-3)12(10)9-17-13-5-7-22-15(13)14-4-6-18-20-14/h4,6,8,13,15,17H,5,7,9H2,1-3H3,(H,18,20)/t13-,15-/m0/s1. The van der Waals surface area contributed by atoms with Gasteiger partial charge in [0.25, 0.3) is 0 Å². The van der Waals surface area contributed by atoms with Crippen molar-refractivity contribution in [1.82, 2.24) is 20.5 Å². The Bertz CT molecular complexity index is 627. The van der Waals surface area contributed by atoms with Crippen LogP contribution in [0.15, 0.2) is 18.3 Å². The number of nitrogens with zero attached hydrogens (tertiary/aromatic N) is 2. The van der Waals surface area contributed by atoms with Crippen molar-refractivity contribution in [3.63, 3.8) is 0 Å². The molecule has 2 N–H and O–H groups in total. The number of aromatic amines is 1. The second kappa shape index (κ2) is 6.46. The summed E-state index contributed by atoms with van der Waals surface area (Å²) in [6.45, 7) is 5.53. The van der Waals surface area contributed by atoms with Gasteiger partial charge in [-0.3, -0.25) is 5.10 Å². The molecule has 0 radical (unpaired) electrons. The van der Waals surface area contributed by atoms with Crippen molar-refractivity contribution < 1.29 is 9.47 Å². The first kappa shape index (κ1) is 15.0. The van der Waals surface area contributed by atoms with E-state index in [1.54, 1.807) is 13.3 Å². The predicted molar refractivity (Wildman–Crippen MR) is 82.8 cm³/mol. The lowest BCUT2D eigenvalue weighted by atomic mass is 10.1. The Morgan fingerprint density at radius 3 is 3.05 bits per heavy atom. The summed E-state index contributed by atoms with van der Waals surface area (Å²) in [5.41, 5.74) is 4.27. The minimum atomic E-state index is 0.0206. The number of methoxy groups -OCH3 is 1. The van der Waals surface area contributed by atoms with Gasteiger partial charge < -0.3 is 14.8 Å². The molecule has 1 saturated heterocycles. The number of aromatic nitrogens is 3. The fourth-order valence-electron chi connectivity index (χ4n) is 2.98. The van der Waals surface area contributed by atoms with Crippen LogP contribution in [0.5, 0.6) is 5.88 Å². The Morgan fingerprint density at radius 1 is 1.45 bits per heavy atom. The lowest BCUT2D eigenvalue weighted by Crippen LogP contribution is -2.32. The number of hydrogen-bond donors (Lipinski definition) is 2. The van der Waals surface area contributed by atoms with Gasteiger partial charge in [0.15, 0.2) is 0 Å². The summed E-state index contributed by atoms with van der Waals surface area (Å²) in [5, 5.41) is 10.6. The van der Waals surface area contributed by atoms with Crippen LogP contribution in [0.25, 0.3) is 0 Å². The topological polar surface area (TPSA) is 72.1 Å². The van der Waals surface area contributed by atoms with Crippen LogP contribution in [0, 0.1) is 13.8 Å². The van der Waals surface area contributed by atoms with Gasteiger partial charge in [-0.25, -0.2) is 4.98 Å². The maximum absolute atomic E-state index is 5.82. The molecule has 2 aromatic heterocycles. The number of aryl methyl sites for hydroxylation is 2. The molecule has 6 nitrogen and oxygen atoms in total. The van der Waals surface area contributed by atoms with Crippen LogP contribution < -0.4 is 10.1 Å². The van der Waals surface area contributed by atoms with Gasteiger partial charge in [0.1, 0.15) is 6.10 Å². The van der Waals surface area contributed by atoms with Gasteiger partial charge in [-0.2, -0.15) is 5.10 Å². The number of rotatable bonds is 5. The molecule has 1 aliphatic rings. The third-order valence-corrected chi connectivity index (χ3v) is 4.09. The van der Waals surface area contributed by atoms with Gasteiger partial charge in [-0.15, -0.1) is 0 Å². The van der Waals surface area contributed by atoms with E-state index in [9.17, 15) is 0 Å². The first-order valence-corrected chi connectivity index (χ1v) is 7.54. The van der Waals surface area contributed by atoms with Crippen LogP contribution >= 0.6 is 0 Å². The highest BCUT2D eigenvalue weighted by molar-refractivity contribution is 5.35. The Balaban J connectivity index is 1.72. The van der Waals surface area contributed by atoms with Crippen LogP contribution in [0.1, 0.15) is 35.0 Å². The van der Waals surface area contributed by atoms with E-state index in [0.717, 1.165) is 30.0 Å². The molecular formula is C16H22N4O2. The summed E-state index contributed by atoms with van der Waals surface area (Å²) < 4.78 is 11.2. The molecule has 3 rings (SSSR count). The van der Waals surface area contributed by atoms with E-state index < -0.39 is 0 Å². The van der Waals surface area contributed by atoms with Gasteiger partial charge in [0.05, 0.1) is 12.8 Å². The summed E-state index contributed by atoms with van der Waals surface area (Å²) in [6, 6.07) is 4.30. The second-order valence-corrected chi connectivity index (χ2v) is 5.65. The third-order valence-electron chi connectivity index (χ3n) is 4.09. The molecule has 1 aliphatic heterocycles. The lowest BCUT2D eigenvalue weighted by molar-refractivity contribution is 0.0950. The highest BCUT2D eigenvalue weighted by Crippen LogP contribution is 2.28. The minimum Gasteiger partial charge on any atom is -0.481 e. The number of pyridine rings is 1. The zero-order valence-electron chi connectivity index (χ0n) is 13.2. The van der Waals surface area contributed by atoms with Crippen molar-refractivity contribution in [3.8, 4) is 5.88 Å². The Kier molecular flexibility index (Phi) is 4.40. The molecule has 2 aromatic rings. The van der Waals surface area contributed by atoms with E-state index in [1.165, 1.54) is 5.56 Å². The van der Waals surface area contributed by atoms with Crippen LogP contribution in [0.2, 0.25) is 0 Å². The lowest BCUT2D eigenvalue weighted by Gasteiger charge is -2.20. The van der Waals surface area contributed by atoms with E-state index in [-0.39, 0.29) is 12.1 Å². The molecule has 0 aromatic carbocycles. The van der Waals surface area contributed by atoms with Crippen LogP contribution in [0.4, 0.5) is 0 Å². The maximum atomic E-state index is 5.82. The van der Waals surface area contributed by atoms with Crippen molar-refractivity contribution in [1.29, 1.82) is 0 Å². The molecule has 0 aliphatic carbocycles. The van der Waals surface area contributed by atoms with Gasteiger partial charge in [0, 0.05) is 36.6 Å². The summed E-state index contributed by atoms with van der Waals surface area (Å²) in [6.07, 6.45) is 2.75. The van der Waals surface area contributed by atoms with E-state index in [0.29, 0.717) is 12.4 Å². The molecule has 0 saturated carbocycles. The highest BCUT2D eigenvalue weighted by Gasteiger charge is 2.30. The highest BCUT2D eigenvalue weighted by atomic mass is 16.5. The number of hydrogen-bond acceptors (Lipinski definition) is 5. The molecule has 1 fully saturated rings. The predicted octanol–water partition coefficient (Wildman–Crippen LogP) is 2.05. The van der Waals surface area contributed by atoms with E-state index in [4.69, 9.17) is 9.47 Å². The van der Waals surface area contributed by atoms with Crippen molar-refractivity contribution in [2.45, 2.75) is 39.0 Å². The number of H-pyrrole nitrogens is 1. The van der Waals surface area contributed by atoms with Crippen LogP contribution in [-0.2, 0) is 11.3 Å². The van der Waals surface area contributed by atoms with Gasteiger partial charge >= 0.3 is 0 Å². The fourth-order valence-corrected chi connectivity index (χ4v) is 2.98. The monoisotopic (exact) mass is 302 g/mol. The number of nitrogens with one attached hydrogen (secondary N) is 2. The van der Waals surface area contributed by atoms with Crippen LogP contribution in [-0.4, -0.2) is 34.9 Å². The van der Waals surface area contributed by atoms with Gasteiger partial charge in [0.2, 0.25) is 5.88 Å². The first-order valence-electron chi connectivity index (χ1n) is 7.54.